The van der Waals surface area contributed by atoms with Gasteiger partial charge < -0.3 is 19.9 Å². The van der Waals surface area contributed by atoms with Crippen molar-refractivity contribution in [1.82, 2.24) is 0 Å². The van der Waals surface area contributed by atoms with Crippen LogP contribution in [0.25, 0.3) is 0 Å². The van der Waals surface area contributed by atoms with Gasteiger partial charge in [0.15, 0.2) is 0 Å². The van der Waals surface area contributed by atoms with Crippen molar-refractivity contribution in [1.29, 1.82) is 0 Å². The van der Waals surface area contributed by atoms with Crippen molar-refractivity contribution in [3.8, 4) is 17.2 Å². The molecule has 2 aromatic carbocycles. The van der Waals surface area contributed by atoms with Crippen molar-refractivity contribution in [3.05, 3.63) is 53.6 Å². The number of hydrogen-bond acceptors (Lipinski definition) is 4. The molecule has 1 aliphatic heterocycles. The second-order valence-corrected chi connectivity index (χ2v) is 5.99. The third-order valence-corrected chi connectivity index (χ3v) is 3.98. The van der Waals surface area contributed by atoms with Crippen molar-refractivity contribution in [2.75, 3.05) is 7.11 Å². The topological polar surface area (TPSA) is 53.7 Å². The van der Waals surface area contributed by atoms with Gasteiger partial charge in [0.2, 0.25) is 0 Å². The third-order valence-electron chi connectivity index (χ3n) is 3.98. The highest BCUT2D eigenvalue weighted by molar-refractivity contribution is 5.55. The summed E-state index contributed by atoms with van der Waals surface area (Å²) in [6, 6.07) is 13.5. The van der Waals surface area contributed by atoms with Crippen LogP contribution in [0.4, 0.5) is 0 Å². The van der Waals surface area contributed by atoms with Crippen LogP contribution < -0.4 is 19.9 Å². The van der Waals surface area contributed by atoms with Gasteiger partial charge in [-0.25, -0.2) is 0 Å². The molecule has 0 amide bonds. The van der Waals surface area contributed by atoms with Crippen molar-refractivity contribution < 1.29 is 14.2 Å². The zero-order valence-corrected chi connectivity index (χ0v) is 13.1. The van der Waals surface area contributed by atoms with E-state index in [1.165, 1.54) is 0 Å². The lowest BCUT2D eigenvalue weighted by atomic mass is 9.95. The number of ether oxygens (including phenoxy) is 3. The average molecular weight is 299 g/mol. The summed E-state index contributed by atoms with van der Waals surface area (Å²) in [7, 11) is 1.63. The molecular formula is C18H21NO3. The van der Waals surface area contributed by atoms with Crippen LogP contribution in [0, 0.1) is 0 Å². The minimum Gasteiger partial charge on any atom is -0.496 e. The quantitative estimate of drug-likeness (QED) is 0.939. The first-order chi connectivity index (χ1) is 10.5. The molecule has 0 spiro atoms. The fourth-order valence-corrected chi connectivity index (χ4v) is 2.64. The van der Waals surface area contributed by atoms with Gasteiger partial charge in [0.1, 0.15) is 29.5 Å². The second-order valence-electron chi connectivity index (χ2n) is 5.99. The number of benzene rings is 2. The van der Waals surface area contributed by atoms with E-state index in [-0.39, 0.29) is 6.04 Å². The molecule has 22 heavy (non-hydrogen) atoms. The summed E-state index contributed by atoms with van der Waals surface area (Å²) < 4.78 is 17.3. The molecule has 0 radical (unpaired) electrons. The minimum absolute atomic E-state index is 0.237. The second kappa shape index (κ2) is 5.54. The smallest absolute Gasteiger partial charge is 0.132 e. The fraction of sp³-hybridized carbons (Fsp3) is 0.333. The normalized spacial score (nSPS) is 18.5. The summed E-state index contributed by atoms with van der Waals surface area (Å²) in [6.07, 6.45) is 0. The van der Waals surface area contributed by atoms with E-state index < -0.39 is 5.60 Å². The van der Waals surface area contributed by atoms with E-state index in [9.17, 15) is 0 Å². The molecule has 116 valence electrons. The van der Waals surface area contributed by atoms with E-state index >= 15 is 0 Å². The van der Waals surface area contributed by atoms with Crippen LogP contribution in [-0.4, -0.2) is 12.7 Å². The highest BCUT2D eigenvalue weighted by Crippen LogP contribution is 2.48. The summed E-state index contributed by atoms with van der Waals surface area (Å²) in [5.41, 5.74) is 7.89. The Morgan fingerprint density at radius 2 is 1.91 bits per heavy atom. The molecule has 3 rings (SSSR count). The maximum atomic E-state index is 6.34. The fourth-order valence-electron chi connectivity index (χ4n) is 2.64. The van der Waals surface area contributed by atoms with Gasteiger partial charge in [0.05, 0.1) is 18.7 Å². The molecule has 4 heteroatoms. The van der Waals surface area contributed by atoms with Gasteiger partial charge in [0.25, 0.3) is 0 Å². The number of rotatable bonds is 4. The third kappa shape index (κ3) is 2.62. The Hall–Kier alpha value is -2.20. The van der Waals surface area contributed by atoms with Gasteiger partial charge in [-0.05, 0) is 19.4 Å². The van der Waals surface area contributed by atoms with E-state index in [0.717, 1.165) is 22.6 Å². The largest absolute Gasteiger partial charge is 0.496 e. The van der Waals surface area contributed by atoms with E-state index in [1.54, 1.807) is 7.11 Å². The maximum absolute atomic E-state index is 6.34. The minimum atomic E-state index is -0.459. The summed E-state index contributed by atoms with van der Waals surface area (Å²) in [5, 5.41) is 0. The van der Waals surface area contributed by atoms with Crippen molar-refractivity contribution in [2.45, 2.75) is 32.1 Å². The van der Waals surface area contributed by atoms with Crippen molar-refractivity contribution in [3.63, 3.8) is 0 Å². The molecule has 0 saturated heterocycles. The van der Waals surface area contributed by atoms with Crippen molar-refractivity contribution >= 4 is 0 Å². The Kier molecular flexibility index (Phi) is 3.71. The first-order valence-electron chi connectivity index (χ1n) is 7.34. The molecule has 0 fully saturated rings. The molecule has 1 aliphatic rings. The summed E-state index contributed by atoms with van der Waals surface area (Å²) in [6.45, 7) is 4.43. The van der Waals surface area contributed by atoms with Crippen LogP contribution in [0.2, 0.25) is 0 Å². The molecule has 0 aliphatic carbocycles. The molecule has 1 unspecified atom stereocenters. The van der Waals surface area contributed by atoms with E-state index in [1.807, 2.05) is 56.3 Å². The predicted octanol–water partition coefficient (Wildman–Crippen LogP) is 3.45. The standard InChI is InChI=1S/C18H21NO3/c1-18(2)17(19)16-14(9-13(20-3)10-15(16)22-18)21-11-12-7-5-4-6-8-12/h4-10,17H,11,19H2,1-3H3. The van der Waals surface area contributed by atoms with Crippen LogP contribution in [0.5, 0.6) is 17.2 Å². The highest BCUT2D eigenvalue weighted by Gasteiger charge is 2.41. The Balaban J connectivity index is 1.92. The van der Waals surface area contributed by atoms with Gasteiger partial charge in [-0.2, -0.15) is 0 Å². The van der Waals surface area contributed by atoms with Crippen molar-refractivity contribution in [2.24, 2.45) is 5.73 Å². The van der Waals surface area contributed by atoms with Gasteiger partial charge >= 0.3 is 0 Å². The van der Waals surface area contributed by atoms with Gasteiger partial charge in [0, 0.05) is 12.1 Å². The number of hydrogen-bond donors (Lipinski definition) is 1. The molecule has 2 N–H and O–H groups in total. The molecule has 0 saturated carbocycles. The lowest BCUT2D eigenvalue weighted by Gasteiger charge is -2.23. The molecule has 2 aromatic rings. The molecule has 0 aromatic heterocycles. The molecule has 1 heterocycles. The van der Waals surface area contributed by atoms with Crippen LogP contribution in [0.3, 0.4) is 0 Å². The first-order valence-corrected chi connectivity index (χ1v) is 7.34. The summed E-state index contributed by atoms with van der Waals surface area (Å²) in [4.78, 5) is 0. The first kappa shape index (κ1) is 14.7. The monoisotopic (exact) mass is 299 g/mol. The van der Waals surface area contributed by atoms with Crippen LogP contribution >= 0.6 is 0 Å². The zero-order valence-electron chi connectivity index (χ0n) is 13.1. The van der Waals surface area contributed by atoms with Crippen LogP contribution in [-0.2, 0) is 6.61 Å². The van der Waals surface area contributed by atoms with Crippen LogP contribution in [0.1, 0.15) is 31.0 Å². The Morgan fingerprint density at radius 1 is 1.18 bits per heavy atom. The predicted molar refractivity (Wildman–Crippen MR) is 85.4 cm³/mol. The van der Waals surface area contributed by atoms with Crippen LogP contribution in [0.15, 0.2) is 42.5 Å². The van der Waals surface area contributed by atoms with Gasteiger partial charge in [-0.15, -0.1) is 0 Å². The van der Waals surface area contributed by atoms with E-state index in [0.29, 0.717) is 12.4 Å². The van der Waals surface area contributed by atoms with Gasteiger partial charge in [-0.1, -0.05) is 30.3 Å². The number of methoxy groups -OCH3 is 1. The Morgan fingerprint density at radius 3 is 2.59 bits per heavy atom. The van der Waals surface area contributed by atoms with Gasteiger partial charge in [-0.3, -0.25) is 0 Å². The van der Waals surface area contributed by atoms with E-state index in [4.69, 9.17) is 19.9 Å². The Bertz CT molecular complexity index is 668. The lowest BCUT2D eigenvalue weighted by Crippen LogP contribution is -2.35. The number of fused-ring (bicyclic) bond motifs is 1. The zero-order chi connectivity index (χ0) is 15.7. The highest BCUT2D eigenvalue weighted by atomic mass is 16.5. The average Bonchev–Trinajstić information content (AvgIpc) is 2.75. The summed E-state index contributed by atoms with van der Waals surface area (Å²) in [5.74, 6) is 2.16. The molecule has 1 atom stereocenters. The molecule has 4 nitrogen and oxygen atoms in total. The lowest BCUT2D eigenvalue weighted by molar-refractivity contribution is 0.111. The molecule has 0 bridgehead atoms. The maximum Gasteiger partial charge on any atom is 0.132 e. The molecular weight excluding hydrogens is 278 g/mol. The number of nitrogens with two attached hydrogens (primary N) is 1. The summed E-state index contributed by atoms with van der Waals surface area (Å²) >= 11 is 0. The SMILES string of the molecule is COc1cc(OCc2ccccc2)c2c(c1)OC(C)(C)C2N. The Labute approximate surface area is 130 Å². The van der Waals surface area contributed by atoms with E-state index in [2.05, 4.69) is 0 Å².